The number of piperazine rings is 1. The van der Waals surface area contributed by atoms with Gasteiger partial charge in [0, 0.05) is 87.8 Å². The summed E-state index contributed by atoms with van der Waals surface area (Å²) in [5.74, 6) is 1.82. The van der Waals surface area contributed by atoms with Crippen LogP contribution in [-0.4, -0.2) is 102 Å². The molecule has 5 heterocycles. The van der Waals surface area contributed by atoms with Gasteiger partial charge in [0.1, 0.15) is 23.1 Å². The fourth-order valence-corrected chi connectivity index (χ4v) is 7.72. The number of carbonyl (C=O) groups excluding carboxylic acids is 2. The number of benzene rings is 2. The fourth-order valence-electron chi connectivity index (χ4n) is 7.72. The van der Waals surface area contributed by atoms with E-state index < -0.39 is 0 Å². The molecule has 1 unspecified atom stereocenters. The summed E-state index contributed by atoms with van der Waals surface area (Å²) in [5.41, 5.74) is 5.29. The van der Waals surface area contributed by atoms with Gasteiger partial charge in [0.05, 0.1) is 26.0 Å². The maximum absolute atomic E-state index is 12.6. The number of hydrogen-bond donors (Lipinski definition) is 3. The van der Waals surface area contributed by atoms with Gasteiger partial charge in [-0.2, -0.15) is 5.10 Å². The Morgan fingerprint density at radius 3 is 2.25 bits per heavy atom. The van der Waals surface area contributed by atoms with Gasteiger partial charge in [-0.05, 0) is 80.1 Å². The number of aryl methyl sites for hydroxylation is 1. The normalized spacial score (nSPS) is 19.4. The fraction of sp³-hybridized carbons (Fsp3) is 0.474. The molecule has 13 heteroatoms. The smallest absolute Gasteiger partial charge is 0.276 e. The number of nitrogens with zero attached hydrogens (tertiary/aromatic N) is 5. The van der Waals surface area contributed by atoms with Crippen LogP contribution in [0.2, 0.25) is 0 Å². The van der Waals surface area contributed by atoms with Crippen LogP contribution in [-0.2, 0) is 23.2 Å². The van der Waals surface area contributed by atoms with Gasteiger partial charge in [0.15, 0.2) is 0 Å². The highest BCUT2D eigenvalue weighted by Gasteiger charge is 2.27. The van der Waals surface area contributed by atoms with Crippen LogP contribution in [0, 0.1) is 5.92 Å². The summed E-state index contributed by atoms with van der Waals surface area (Å²) in [5, 5.41) is 13.4. The Balaban J connectivity index is 0.879. The van der Waals surface area contributed by atoms with Crippen molar-refractivity contribution in [1.29, 1.82) is 0 Å². The third-order valence-corrected chi connectivity index (χ3v) is 10.8. The molecule has 3 saturated heterocycles. The zero-order valence-electron chi connectivity index (χ0n) is 29.7. The molecule has 3 N–H and O–H groups in total. The second-order valence-electron chi connectivity index (χ2n) is 14.0. The van der Waals surface area contributed by atoms with E-state index in [-0.39, 0.29) is 23.4 Å². The number of ether oxygens (including phenoxy) is 2. The predicted octanol–water partition coefficient (Wildman–Crippen LogP) is 3.59. The van der Waals surface area contributed by atoms with Gasteiger partial charge in [-0.15, -0.1) is 0 Å². The predicted molar refractivity (Wildman–Crippen MR) is 197 cm³/mol. The maximum atomic E-state index is 12.6. The monoisotopic (exact) mass is 696 g/mol. The number of anilines is 2. The largest absolute Gasteiger partial charge is 0.496 e. The van der Waals surface area contributed by atoms with Crippen LogP contribution in [0.1, 0.15) is 37.7 Å². The minimum absolute atomic E-state index is 0.117. The Labute approximate surface area is 297 Å². The van der Waals surface area contributed by atoms with Crippen molar-refractivity contribution in [3.63, 3.8) is 0 Å². The second-order valence-corrected chi connectivity index (χ2v) is 14.0. The highest BCUT2D eigenvalue weighted by molar-refractivity contribution is 6.01. The molecule has 7 rings (SSSR count). The number of rotatable bonds is 11. The number of nitrogens with one attached hydrogen (secondary N) is 3. The molecule has 0 radical (unpaired) electrons. The third kappa shape index (κ3) is 7.59. The molecular formula is C38H48N8O5. The van der Waals surface area contributed by atoms with Gasteiger partial charge >= 0.3 is 0 Å². The van der Waals surface area contributed by atoms with E-state index >= 15 is 0 Å². The number of H-pyrrole nitrogens is 1. The van der Waals surface area contributed by atoms with E-state index in [1.54, 1.807) is 32.0 Å². The van der Waals surface area contributed by atoms with Crippen LogP contribution in [0.3, 0.4) is 0 Å². The van der Waals surface area contributed by atoms with Gasteiger partial charge in [-0.3, -0.25) is 29.7 Å². The summed E-state index contributed by atoms with van der Waals surface area (Å²) >= 11 is 0. The van der Waals surface area contributed by atoms with E-state index in [4.69, 9.17) is 9.47 Å². The number of carbonyl (C=O) groups is 2. The topological polar surface area (TPSA) is 137 Å². The minimum Gasteiger partial charge on any atom is -0.496 e. The number of pyridine rings is 1. The molecule has 0 aliphatic carbocycles. The number of hydrogen-bond acceptors (Lipinski definition) is 10. The van der Waals surface area contributed by atoms with Gasteiger partial charge in [0.2, 0.25) is 11.8 Å². The third-order valence-electron chi connectivity index (χ3n) is 10.8. The van der Waals surface area contributed by atoms with Crippen molar-refractivity contribution in [1.82, 2.24) is 29.9 Å². The van der Waals surface area contributed by atoms with Crippen molar-refractivity contribution >= 4 is 34.1 Å². The Morgan fingerprint density at radius 2 is 1.59 bits per heavy atom. The van der Waals surface area contributed by atoms with Crippen molar-refractivity contribution in [2.45, 2.75) is 44.7 Å². The van der Waals surface area contributed by atoms with E-state index in [0.717, 1.165) is 97.5 Å². The first kappa shape index (κ1) is 34.6. The van der Waals surface area contributed by atoms with Crippen molar-refractivity contribution < 1.29 is 19.1 Å². The first-order valence-corrected chi connectivity index (χ1v) is 18.0. The quantitative estimate of drug-likeness (QED) is 0.200. The summed E-state index contributed by atoms with van der Waals surface area (Å²) in [6.45, 7) is 8.01. The molecule has 0 saturated carbocycles. The molecule has 3 fully saturated rings. The number of fused-ring (bicyclic) bond motifs is 1. The summed E-state index contributed by atoms with van der Waals surface area (Å²) in [6, 6.07) is 12.0. The SMILES string of the molecule is COc1cc(-c2cn(C)c(=O)c3[nH]ncc23)cc(OC)c1CN1CCN(CCC2CCN(c3ccc(NC4CCC(=O)NC4=O)cc3)CC2)CC1. The van der Waals surface area contributed by atoms with Crippen LogP contribution in [0.25, 0.3) is 22.0 Å². The number of aromatic nitrogens is 3. The van der Waals surface area contributed by atoms with Crippen LogP contribution in [0.5, 0.6) is 11.5 Å². The lowest BCUT2D eigenvalue weighted by molar-refractivity contribution is -0.133. The Hall–Kier alpha value is -4.88. The number of imide groups is 1. The van der Waals surface area contributed by atoms with E-state index in [1.165, 1.54) is 24.9 Å². The molecular weight excluding hydrogens is 648 g/mol. The van der Waals surface area contributed by atoms with Gasteiger partial charge in [-0.25, -0.2) is 0 Å². The molecule has 0 spiro atoms. The number of amides is 2. The molecule has 2 aromatic carbocycles. The van der Waals surface area contributed by atoms with E-state index in [2.05, 4.69) is 47.7 Å². The molecule has 3 aliphatic heterocycles. The molecule has 13 nitrogen and oxygen atoms in total. The first-order chi connectivity index (χ1) is 24.8. The summed E-state index contributed by atoms with van der Waals surface area (Å²) < 4.78 is 13.4. The summed E-state index contributed by atoms with van der Waals surface area (Å²) in [4.78, 5) is 43.6. The maximum Gasteiger partial charge on any atom is 0.276 e. The number of methoxy groups -OCH3 is 2. The highest BCUT2D eigenvalue weighted by atomic mass is 16.5. The Morgan fingerprint density at radius 1 is 0.902 bits per heavy atom. The molecule has 51 heavy (non-hydrogen) atoms. The average Bonchev–Trinajstić information content (AvgIpc) is 3.65. The van der Waals surface area contributed by atoms with Gasteiger partial charge in [-0.1, -0.05) is 0 Å². The van der Waals surface area contributed by atoms with Gasteiger partial charge in [0.25, 0.3) is 5.56 Å². The zero-order valence-corrected chi connectivity index (χ0v) is 29.7. The molecule has 4 aromatic rings. The average molecular weight is 697 g/mol. The van der Waals surface area contributed by atoms with Crippen LogP contribution >= 0.6 is 0 Å². The number of piperidine rings is 2. The van der Waals surface area contributed by atoms with Crippen LogP contribution in [0.4, 0.5) is 11.4 Å². The lowest BCUT2D eigenvalue weighted by Crippen LogP contribution is -2.47. The molecule has 3 aliphatic rings. The van der Waals surface area contributed by atoms with E-state index in [9.17, 15) is 14.4 Å². The molecule has 1 atom stereocenters. The standard InChI is InChI=1S/C38H48N8O5/c1-43-23-30(29-22-39-42-36(29)38(43)49)26-20-33(50-2)31(34(21-26)51-3)24-45-18-16-44(17-19-45)13-10-25-11-14-46(15-12-25)28-6-4-27(5-7-28)40-32-8-9-35(47)41-37(32)48/h4-7,20-23,25,32,40H,8-19,24H2,1-3H3,(H,39,42)(H,41,47,48). The van der Waals surface area contributed by atoms with Crippen molar-refractivity contribution in [2.24, 2.45) is 13.0 Å². The van der Waals surface area contributed by atoms with E-state index in [0.29, 0.717) is 18.4 Å². The lowest BCUT2D eigenvalue weighted by atomic mass is 9.93. The second kappa shape index (κ2) is 15.2. The first-order valence-electron chi connectivity index (χ1n) is 18.0. The molecule has 0 bridgehead atoms. The van der Waals surface area contributed by atoms with Crippen molar-refractivity contribution in [3.8, 4) is 22.6 Å². The van der Waals surface area contributed by atoms with Crippen LogP contribution < -0.4 is 30.6 Å². The minimum atomic E-state index is -0.368. The van der Waals surface area contributed by atoms with Crippen molar-refractivity contribution in [3.05, 3.63) is 64.7 Å². The van der Waals surface area contributed by atoms with Crippen LogP contribution in [0.15, 0.2) is 53.6 Å². The molecule has 2 amide bonds. The lowest BCUT2D eigenvalue weighted by Gasteiger charge is -2.37. The van der Waals surface area contributed by atoms with Crippen molar-refractivity contribution in [2.75, 3.05) is 70.2 Å². The molecule has 270 valence electrons. The summed E-state index contributed by atoms with van der Waals surface area (Å²) in [6.07, 6.45) is 8.02. The Kier molecular flexibility index (Phi) is 10.3. The zero-order chi connectivity index (χ0) is 35.5. The van der Waals surface area contributed by atoms with Gasteiger partial charge < -0.3 is 29.2 Å². The number of aromatic amines is 1. The molecule has 2 aromatic heterocycles. The summed E-state index contributed by atoms with van der Waals surface area (Å²) in [7, 11) is 5.13. The van der Waals surface area contributed by atoms with E-state index in [1.807, 2.05) is 30.5 Å². The Bertz CT molecular complexity index is 1900. The highest BCUT2D eigenvalue weighted by Crippen LogP contribution is 2.38.